The van der Waals surface area contributed by atoms with Crippen molar-refractivity contribution in [3.8, 4) is 11.5 Å². The molecule has 1 aliphatic rings. The Labute approximate surface area is 145 Å². The van der Waals surface area contributed by atoms with Gasteiger partial charge in [0.1, 0.15) is 0 Å². The minimum absolute atomic E-state index is 0.00588. The number of carboxylic acid groups (broad SMARTS) is 1. The number of halogens is 1. The third-order valence-electron chi connectivity index (χ3n) is 3.31. The highest BCUT2D eigenvalue weighted by Crippen LogP contribution is 2.37. The summed E-state index contributed by atoms with van der Waals surface area (Å²) < 4.78 is 10.3. The lowest BCUT2D eigenvalue weighted by molar-refractivity contribution is -0.385. The number of carbonyl (C=O) groups is 1. The van der Waals surface area contributed by atoms with Gasteiger partial charge in [-0.15, -0.1) is 0 Å². The summed E-state index contributed by atoms with van der Waals surface area (Å²) in [6.07, 6.45) is 1.23. The Kier molecular flexibility index (Phi) is 4.40. The summed E-state index contributed by atoms with van der Waals surface area (Å²) in [6.45, 7) is -0.00588. The van der Waals surface area contributed by atoms with Gasteiger partial charge >= 0.3 is 5.97 Å². The summed E-state index contributed by atoms with van der Waals surface area (Å²) in [7, 11) is 0. The molecule has 0 aromatic heterocycles. The number of hydrazone groups is 1. The Morgan fingerprint density at radius 1 is 1.32 bits per heavy atom. The Bertz CT molecular complexity index is 899. The fourth-order valence-electron chi connectivity index (χ4n) is 2.14. The van der Waals surface area contributed by atoms with Crippen molar-refractivity contribution in [2.45, 2.75) is 0 Å². The van der Waals surface area contributed by atoms with E-state index in [1.165, 1.54) is 36.5 Å². The second-order valence-corrected chi connectivity index (χ2v) is 5.30. The van der Waals surface area contributed by atoms with Crippen molar-refractivity contribution in [2.75, 3.05) is 12.2 Å². The number of hydrogen-bond donors (Lipinski definition) is 2. The third kappa shape index (κ3) is 3.45. The lowest BCUT2D eigenvalue weighted by Gasteiger charge is -2.04. The topological polar surface area (TPSA) is 123 Å². The molecule has 0 aliphatic carbocycles. The second kappa shape index (κ2) is 6.65. The third-order valence-corrected chi connectivity index (χ3v) is 3.64. The van der Waals surface area contributed by atoms with Gasteiger partial charge in [0.2, 0.25) is 6.79 Å². The van der Waals surface area contributed by atoms with Gasteiger partial charge < -0.3 is 14.6 Å². The van der Waals surface area contributed by atoms with Gasteiger partial charge in [0.15, 0.2) is 11.5 Å². The van der Waals surface area contributed by atoms with Crippen LogP contribution >= 0.6 is 11.6 Å². The maximum atomic E-state index is 11.2. The average molecular weight is 364 g/mol. The second-order valence-electron chi connectivity index (χ2n) is 4.89. The van der Waals surface area contributed by atoms with Crippen LogP contribution in [0.4, 0.5) is 11.4 Å². The largest absolute Gasteiger partial charge is 0.478 e. The first-order chi connectivity index (χ1) is 12.0. The molecule has 1 heterocycles. The van der Waals surface area contributed by atoms with Crippen LogP contribution in [0.1, 0.15) is 15.9 Å². The number of benzene rings is 2. The molecule has 1 aliphatic heterocycles. The number of anilines is 1. The van der Waals surface area contributed by atoms with Crippen LogP contribution in [-0.2, 0) is 0 Å². The molecule has 128 valence electrons. The zero-order chi connectivity index (χ0) is 18.0. The molecule has 0 radical (unpaired) electrons. The van der Waals surface area contributed by atoms with Crippen molar-refractivity contribution in [2.24, 2.45) is 5.10 Å². The van der Waals surface area contributed by atoms with Crippen molar-refractivity contribution in [3.63, 3.8) is 0 Å². The fraction of sp³-hybridized carbons (Fsp3) is 0.0667. The van der Waals surface area contributed by atoms with Crippen LogP contribution in [0, 0.1) is 10.1 Å². The van der Waals surface area contributed by atoms with Crippen molar-refractivity contribution in [3.05, 3.63) is 56.6 Å². The van der Waals surface area contributed by atoms with Crippen molar-refractivity contribution < 1.29 is 24.3 Å². The molecule has 0 saturated heterocycles. The van der Waals surface area contributed by atoms with E-state index in [4.69, 9.17) is 26.2 Å². The highest BCUT2D eigenvalue weighted by atomic mass is 35.5. The number of aromatic carboxylic acids is 1. The zero-order valence-electron chi connectivity index (χ0n) is 12.4. The van der Waals surface area contributed by atoms with Crippen LogP contribution in [0.3, 0.4) is 0 Å². The Morgan fingerprint density at radius 2 is 2.04 bits per heavy atom. The van der Waals surface area contributed by atoms with Crippen LogP contribution in [0.5, 0.6) is 11.5 Å². The van der Waals surface area contributed by atoms with Crippen molar-refractivity contribution in [1.82, 2.24) is 0 Å². The Morgan fingerprint density at radius 3 is 2.72 bits per heavy atom. The minimum atomic E-state index is -1.18. The van der Waals surface area contributed by atoms with E-state index in [1.807, 2.05) is 0 Å². The van der Waals surface area contributed by atoms with Crippen LogP contribution < -0.4 is 14.9 Å². The first-order valence-electron chi connectivity index (χ1n) is 6.85. The van der Waals surface area contributed by atoms with Gasteiger partial charge in [-0.3, -0.25) is 15.5 Å². The number of nitro benzene ring substituents is 1. The lowest BCUT2D eigenvalue weighted by atomic mass is 10.1. The number of ether oxygens (including phenoxy) is 2. The SMILES string of the molecule is O=C(O)c1cc(N/N=C\c2cc3c(cc2[N+](=O)[O-])OCO3)ccc1Cl. The molecule has 0 saturated carbocycles. The molecule has 2 N–H and O–H groups in total. The monoisotopic (exact) mass is 363 g/mol. The molecule has 0 bridgehead atoms. The molecular weight excluding hydrogens is 354 g/mol. The first-order valence-corrected chi connectivity index (χ1v) is 7.23. The smallest absolute Gasteiger partial charge is 0.337 e. The van der Waals surface area contributed by atoms with Gasteiger partial charge in [-0.05, 0) is 24.3 Å². The summed E-state index contributed by atoms with van der Waals surface area (Å²) in [4.78, 5) is 21.6. The number of hydrogen-bond acceptors (Lipinski definition) is 7. The van der Waals surface area contributed by atoms with Crippen LogP contribution in [-0.4, -0.2) is 29.0 Å². The molecule has 2 aromatic rings. The highest BCUT2D eigenvalue weighted by molar-refractivity contribution is 6.33. The molecule has 25 heavy (non-hydrogen) atoms. The van der Waals surface area contributed by atoms with Gasteiger partial charge in [0.05, 0.1) is 39.0 Å². The molecule has 10 heteroatoms. The van der Waals surface area contributed by atoms with E-state index >= 15 is 0 Å². The molecular formula is C15H10ClN3O6. The Balaban J connectivity index is 1.84. The van der Waals surface area contributed by atoms with Crippen LogP contribution in [0.15, 0.2) is 35.4 Å². The molecule has 2 aromatic carbocycles. The van der Waals surface area contributed by atoms with E-state index < -0.39 is 10.9 Å². The fourth-order valence-corrected chi connectivity index (χ4v) is 2.34. The van der Waals surface area contributed by atoms with E-state index in [1.54, 1.807) is 0 Å². The normalized spacial score (nSPS) is 12.4. The van der Waals surface area contributed by atoms with Gasteiger partial charge in [0.25, 0.3) is 5.69 Å². The number of fused-ring (bicyclic) bond motifs is 1. The summed E-state index contributed by atoms with van der Waals surface area (Å²) in [5.41, 5.74) is 2.88. The quantitative estimate of drug-likeness (QED) is 0.475. The zero-order valence-corrected chi connectivity index (χ0v) is 13.2. The minimum Gasteiger partial charge on any atom is -0.478 e. The van der Waals surface area contributed by atoms with Gasteiger partial charge in [-0.25, -0.2) is 4.79 Å². The molecule has 9 nitrogen and oxygen atoms in total. The highest BCUT2D eigenvalue weighted by Gasteiger charge is 2.22. The lowest BCUT2D eigenvalue weighted by Crippen LogP contribution is -2.00. The number of carboxylic acids is 1. The van der Waals surface area contributed by atoms with E-state index in [9.17, 15) is 14.9 Å². The summed E-state index contributed by atoms with van der Waals surface area (Å²) in [5.74, 6) is -0.503. The molecule has 0 unspecified atom stereocenters. The summed E-state index contributed by atoms with van der Waals surface area (Å²) >= 11 is 5.78. The number of rotatable bonds is 5. The van der Waals surface area contributed by atoms with E-state index in [0.29, 0.717) is 17.2 Å². The maximum Gasteiger partial charge on any atom is 0.337 e. The number of nitrogens with one attached hydrogen (secondary N) is 1. The number of nitrogens with zero attached hydrogens (tertiary/aromatic N) is 2. The van der Waals surface area contributed by atoms with Crippen molar-refractivity contribution in [1.29, 1.82) is 0 Å². The molecule has 0 amide bonds. The summed E-state index contributed by atoms with van der Waals surface area (Å²) in [5, 5.41) is 24.2. The first kappa shape index (κ1) is 16.5. The predicted molar refractivity (Wildman–Crippen MR) is 88.8 cm³/mol. The predicted octanol–water partition coefficient (Wildman–Crippen LogP) is 3.12. The number of nitro groups is 1. The Hall–Kier alpha value is -3.33. The molecule has 3 rings (SSSR count). The van der Waals surface area contributed by atoms with Gasteiger partial charge in [-0.1, -0.05) is 11.6 Å². The van der Waals surface area contributed by atoms with Gasteiger partial charge in [0, 0.05) is 0 Å². The van der Waals surface area contributed by atoms with E-state index in [0.717, 1.165) is 0 Å². The standard InChI is InChI=1S/C15H10ClN3O6/c16-11-2-1-9(4-10(11)15(20)21)18-17-6-8-3-13-14(25-7-24-13)5-12(8)19(22)23/h1-6,18H,7H2,(H,20,21)/b17-6-. The van der Waals surface area contributed by atoms with Crippen LogP contribution in [0.25, 0.3) is 0 Å². The van der Waals surface area contributed by atoms with E-state index in [-0.39, 0.29) is 28.6 Å². The van der Waals surface area contributed by atoms with E-state index in [2.05, 4.69) is 10.5 Å². The summed E-state index contributed by atoms with van der Waals surface area (Å²) in [6, 6.07) is 6.94. The molecule has 0 fully saturated rings. The van der Waals surface area contributed by atoms with Crippen LogP contribution in [0.2, 0.25) is 5.02 Å². The average Bonchev–Trinajstić information content (AvgIpc) is 3.02. The maximum absolute atomic E-state index is 11.2. The van der Waals surface area contributed by atoms with Gasteiger partial charge in [-0.2, -0.15) is 5.10 Å². The molecule has 0 spiro atoms. The van der Waals surface area contributed by atoms with Crippen molar-refractivity contribution >= 4 is 35.2 Å². The molecule has 0 atom stereocenters.